The van der Waals surface area contributed by atoms with Crippen molar-refractivity contribution >= 4 is 44.8 Å². The number of thiophene rings is 1. The zero-order chi connectivity index (χ0) is 19.2. The van der Waals surface area contributed by atoms with Gasteiger partial charge in [-0.25, -0.2) is 17.9 Å². The van der Waals surface area contributed by atoms with Crippen molar-refractivity contribution in [2.75, 3.05) is 20.2 Å². The topological polar surface area (TPSA) is 102 Å². The second kappa shape index (κ2) is 9.13. The molecule has 10 heteroatoms. The molecule has 140 valence electrons. The first-order valence-corrected chi connectivity index (χ1v) is 10.3. The van der Waals surface area contributed by atoms with Gasteiger partial charge in [-0.2, -0.15) is 0 Å². The lowest BCUT2D eigenvalue weighted by molar-refractivity contribution is -0.124. The number of nitrogens with one attached hydrogen (secondary N) is 2. The van der Waals surface area contributed by atoms with Crippen molar-refractivity contribution in [2.24, 2.45) is 0 Å². The summed E-state index contributed by atoms with van der Waals surface area (Å²) in [7, 11) is -2.48. The average molecular weight is 417 g/mol. The predicted octanol–water partition coefficient (Wildman–Crippen LogP) is 1.83. The maximum Gasteiger partial charge on any atom is 0.340 e. The Balaban J connectivity index is 1.90. The normalized spacial score (nSPS) is 11.2. The zero-order valence-corrected chi connectivity index (χ0v) is 16.2. The molecule has 0 aliphatic rings. The van der Waals surface area contributed by atoms with Crippen molar-refractivity contribution in [2.45, 2.75) is 11.3 Å². The molecular weight excluding hydrogens is 400 g/mol. The smallest absolute Gasteiger partial charge is 0.340 e. The molecule has 0 spiro atoms. The number of amides is 1. The number of hydrogen-bond acceptors (Lipinski definition) is 6. The summed E-state index contributed by atoms with van der Waals surface area (Å²) in [4.78, 5) is 24.8. The Hall–Kier alpha value is -1.94. The van der Waals surface area contributed by atoms with Crippen molar-refractivity contribution < 1.29 is 22.7 Å². The molecule has 1 heterocycles. The summed E-state index contributed by atoms with van der Waals surface area (Å²) in [6.45, 7) is -0.0594. The maximum atomic E-state index is 12.1. The van der Waals surface area contributed by atoms with Crippen molar-refractivity contribution in [1.82, 2.24) is 10.0 Å². The number of hydrogen-bond donors (Lipinski definition) is 2. The minimum atomic E-state index is -3.73. The van der Waals surface area contributed by atoms with Gasteiger partial charge in [-0.15, -0.1) is 11.3 Å². The van der Waals surface area contributed by atoms with Crippen molar-refractivity contribution in [1.29, 1.82) is 0 Å². The second-order valence-electron chi connectivity index (χ2n) is 5.10. The van der Waals surface area contributed by atoms with Crippen molar-refractivity contribution in [3.8, 4) is 0 Å². The van der Waals surface area contributed by atoms with Gasteiger partial charge < -0.3 is 10.1 Å². The molecule has 2 N–H and O–H groups in total. The molecule has 7 nitrogen and oxygen atoms in total. The van der Waals surface area contributed by atoms with Gasteiger partial charge in [0.25, 0.3) is 5.91 Å². The number of carbonyl (C=O) groups excluding carboxylic acids is 2. The molecule has 1 aromatic heterocycles. The highest BCUT2D eigenvalue weighted by Gasteiger charge is 2.19. The summed E-state index contributed by atoms with van der Waals surface area (Å²) in [5.41, 5.74) is -0.130. The fourth-order valence-corrected chi connectivity index (χ4v) is 3.65. The fraction of sp³-hybridized carbons (Fsp3) is 0.250. The standard InChI is InChI=1S/C16H17ClN2O5S2/c1-18-26(22,23)12-4-5-14(17)13(9-12)16(21)24-10-15(20)19-7-6-11-3-2-8-25-11/h2-5,8-9,18H,6-7,10H2,1H3,(H,19,20). The molecule has 1 aromatic carbocycles. The molecule has 0 aliphatic heterocycles. The highest BCUT2D eigenvalue weighted by Crippen LogP contribution is 2.21. The number of rotatable bonds is 8. The lowest BCUT2D eigenvalue weighted by Gasteiger charge is -2.09. The minimum absolute atomic E-state index is 0.0307. The molecule has 0 bridgehead atoms. The van der Waals surface area contributed by atoms with Crippen LogP contribution in [-0.4, -0.2) is 40.5 Å². The Labute approximate surface area is 160 Å². The third kappa shape index (κ3) is 5.53. The molecule has 0 atom stereocenters. The third-order valence-electron chi connectivity index (χ3n) is 3.34. The summed E-state index contributed by atoms with van der Waals surface area (Å²) < 4.78 is 30.7. The van der Waals surface area contributed by atoms with Crippen LogP contribution in [-0.2, 0) is 26.0 Å². The van der Waals surface area contributed by atoms with Gasteiger partial charge in [0.15, 0.2) is 6.61 Å². The maximum absolute atomic E-state index is 12.1. The summed E-state index contributed by atoms with van der Waals surface area (Å²) >= 11 is 7.52. The number of halogens is 1. The number of sulfonamides is 1. The van der Waals surface area contributed by atoms with Crippen LogP contribution in [0.5, 0.6) is 0 Å². The minimum Gasteiger partial charge on any atom is -0.452 e. The Kier molecular flexibility index (Phi) is 7.15. The van der Waals surface area contributed by atoms with E-state index < -0.39 is 28.5 Å². The quantitative estimate of drug-likeness (QED) is 0.639. The largest absolute Gasteiger partial charge is 0.452 e. The van der Waals surface area contributed by atoms with E-state index in [0.717, 1.165) is 10.9 Å². The molecule has 0 saturated heterocycles. The summed E-state index contributed by atoms with van der Waals surface area (Å²) in [6, 6.07) is 7.54. The van der Waals surface area contributed by atoms with Crippen LogP contribution in [0.15, 0.2) is 40.6 Å². The van der Waals surface area contributed by atoms with Crippen LogP contribution in [0.2, 0.25) is 5.02 Å². The molecule has 0 unspecified atom stereocenters. The number of benzene rings is 1. The SMILES string of the molecule is CNS(=O)(=O)c1ccc(Cl)c(C(=O)OCC(=O)NCCc2cccs2)c1. The Morgan fingerprint density at radius 3 is 2.69 bits per heavy atom. The lowest BCUT2D eigenvalue weighted by atomic mass is 10.2. The average Bonchev–Trinajstić information content (AvgIpc) is 3.13. The van der Waals surface area contributed by atoms with Crippen LogP contribution >= 0.6 is 22.9 Å². The Bertz CT molecular complexity index is 882. The molecule has 2 rings (SSSR count). The van der Waals surface area contributed by atoms with E-state index in [0.29, 0.717) is 13.0 Å². The Morgan fingerprint density at radius 1 is 1.27 bits per heavy atom. The second-order valence-corrected chi connectivity index (χ2v) is 8.43. The van der Waals surface area contributed by atoms with Gasteiger partial charge in [0.05, 0.1) is 15.5 Å². The van der Waals surface area contributed by atoms with E-state index in [1.807, 2.05) is 17.5 Å². The van der Waals surface area contributed by atoms with E-state index in [1.165, 1.54) is 19.2 Å². The van der Waals surface area contributed by atoms with E-state index in [2.05, 4.69) is 10.0 Å². The molecule has 0 aliphatic carbocycles. The zero-order valence-electron chi connectivity index (χ0n) is 13.8. The molecule has 1 amide bonds. The first-order valence-electron chi connectivity index (χ1n) is 7.53. The molecule has 26 heavy (non-hydrogen) atoms. The van der Waals surface area contributed by atoms with Crippen LogP contribution in [0.4, 0.5) is 0 Å². The summed E-state index contributed by atoms with van der Waals surface area (Å²) in [5, 5.41) is 4.62. The first-order chi connectivity index (χ1) is 12.3. The number of esters is 1. The van der Waals surface area contributed by atoms with Gasteiger partial charge in [0, 0.05) is 11.4 Å². The third-order valence-corrected chi connectivity index (χ3v) is 6.02. The van der Waals surface area contributed by atoms with E-state index in [-0.39, 0.29) is 15.5 Å². The highest BCUT2D eigenvalue weighted by molar-refractivity contribution is 7.89. The summed E-state index contributed by atoms with van der Waals surface area (Å²) in [6.07, 6.45) is 0.688. The monoisotopic (exact) mass is 416 g/mol. The van der Waals surface area contributed by atoms with E-state index >= 15 is 0 Å². The van der Waals surface area contributed by atoms with Gasteiger partial charge in [-0.1, -0.05) is 17.7 Å². The van der Waals surface area contributed by atoms with E-state index in [4.69, 9.17) is 16.3 Å². The van der Waals surface area contributed by atoms with Gasteiger partial charge in [0.2, 0.25) is 10.0 Å². The number of carbonyl (C=O) groups is 2. The van der Waals surface area contributed by atoms with Gasteiger partial charge in [-0.05, 0) is 43.1 Å². The first kappa shape index (κ1) is 20.4. The molecule has 2 aromatic rings. The van der Waals surface area contributed by atoms with Crippen LogP contribution < -0.4 is 10.0 Å². The van der Waals surface area contributed by atoms with Crippen LogP contribution in [0.25, 0.3) is 0 Å². The van der Waals surface area contributed by atoms with Crippen LogP contribution in [0.1, 0.15) is 15.2 Å². The van der Waals surface area contributed by atoms with Crippen LogP contribution in [0, 0.1) is 0 Å². The fourth-order valence-electron chi connectivity index (χ4n) is 1.99. The highest BCUT2D eigenvalue weighted by atomic mass is 35.5. The van der Waals surface area contributed by atoms with Crippen molar-refractivity contribution in [3.05, 3.63) is 51.2 Å². The summed E-state index contributed by atoms with van der Waals surface area (Å²) in [5.74, 6) is -1.33. The number of ether oxygens (including phenoxy) is 1. The molecule has 0 saturated carbocycles. The van der Waals surface area contributed by atoms with Gasteiger partial charge in [0.1, 0.15) is 0 Å². The van der Waals surface area contributed by atoms with Crippen LogP contribution in [0.3, 0.4) is 0 Å². The molecule has 0 radical (unpaired) electrons. The van der Waals surface area contributed by atoms with E-state index in [1.54, 1.807) is 11.3 Å². The predicted molar refractivity (Wildman–Crippen MR) is 99.0 cm³/mol. The molecule has 0 fully saturated rings. The lowest BCUT2D eigenvalue weighted by Crippen LogP contribution is -2.30. The van der Waals surface area contributed by atoms with Crippen molar-refractivity contribution in [3.63, 3.8) is 0 Å². The van der Waals surface area contributed by atoms with E-state index in [9.17, 15) is 18.0 Å². The van der Waals surface area contributed by atoms with Gasteiger partial charge >= 0.3 is 5.97 Å². The van der Waals surface area contributed by atoms with Gasteiger partial charge in [-0.3, -0.25) is 4.79 Å². The Morgan fingerprint density at radius 2 is 2.04 bits per heavy atom. The molecular formula is C16H17ClN2O5S2.